The average molecular weight is 748 g/mol. The molecular formula is C35H49N5O13. The SMILES string of the molecule is CC(=O)OC[C@H]1O[C@@H](Oc2n[nH]c(C(C)C)c2Cc2ccc(CCNC(=O)N[C@H](C(N)=O)[C@@H](C)O)cc2C)[C@H](OC(C)=O)[C@@H](OC(C)=O)[C@@H]1OC(C)=O. The van der Waals surface area contributed by atoms with Gasteiger partial charge in [-0.25, -0.2) is 4.79 Å². The van der Waals surface area contributed by atoms with Crippen molar-refractivity contribution in [1.29, 1.82) is 0 Å². The van der Waals surface area contributed by atoms with Gasteiger partial charge in [0.2, 0.25) is 24.2 Å². The van der Waals surface area contributed by atoms with Crippen LogP contribution in [0.25, 0.3) is 0 Å². The molecule has 3 amide bonds. The summed E-state index contributed by atoms with van der Waals surface area (Å²) in [6.45, 7) is 11.6. The van der Waals surface area contributed by atoms with Gasteiger partial charge in [0.1, 0.15) is 18.8 Å². The number of aromatic amines is 1. The van der Waals surface area contributed by atoms with Gasteiger partial charge in [-0.05, 0) is 42.9 Å². The third kappa shape index (κ3) is 12.2. The summed E-state index contributed by atoms with van der Waals surface area (Å²) in [5, 5.41) is 22.1. The highest BCUT2D eigenvalue weighted by Crippen LogP contribution is 2.34. The van der Waals surface area contributed by atoms with E-state index in [1.54, 1.807) is 0 Å². The Bertz CT molecular complexity index is 1640. The number of aryl methyl sites for hydroxylation is 1. The molecule has 53 heavy (non-hydrogen) atoms. The monoisotopic (exact) mass is 747 g/mol. The maximum Gasteiger partial charge on any atom is 0.315 e. The van der Waals surface area contributed by atoms with Crippen LogP contribution in [0.1, 0.15) is 82.3 Å². The zero-order valence-corrected chi connectivity index (χ0v) is 31.1. The lowest BCUT2D eigenvalue weighted by Crippen LogP contribution is -2.63. The summed E-state index contributed by atoms with van der Waals surface area (Å²) in [5.41, 5.74) is 9.38. The fourth-order valence-electron chi connectivity index (χ4n) is 5.75. The molecule has 6 N–H and O–H groups in total. The highest BCUT2D eigenvalue weighted by atomic mass is 16.7. The molecule has 0 bridgehead atoms. The maximum atomic E-state index is 12.3. The van der Waals surface area contributed by atoms with Crippen molar-refractivity contribution in [3.05, 3.63) is 46.1 Å². The third-order valence-electron chi connectivity index (χ3n) is 8.16. The molecule has 0 saturated carbocycles. The lowest BCUT2D eigenvalue weighted by Gasteiger charge is -2.43. The van der Waals surface area contributed by atoms with Crippen LogP contribution < -0.4 is 21.1 Å². The predicted octanol–water partition coefficient (Wildman–Crippen LogP) is 0.971. The normalized spacial score (nSPS) is 20.8. The Morgan fingerprint density at radius 2 is 1.57 bits per heavy atom. The minimum Gasteiger partial charge on any atom is -0.463 e. The van der Waals surface area contributed by atoms with Gasteiger partial charge in [-0.3, -0.25) is 29.1 Å². The van der Waals surface area contributed by atoms with Crippen molar-refractivity contribution < 1.29 is 62.3 Å². The van der Waals surface area contributed by atoms with Crippen LogP contribution in [0.15, 0.2) is 18.2 Å². The number of rotatable bonds is 16. The molecule has 0 unspecified atom stereocenters. The zero-order chi connectivity index (χ0) is 39.6. The molecule has 0 radical (unpaired) electrons. The number of nitrogens with zero attached hydrogens (tertiary/aromatic N) is 1. The van der Waals surface area contributed by atoms with Crippen LogP contribution >= 0.6 is 0 Å². The number of aliphatic hydroxyl groups is 1. The van der Waals surface area contributed by atoms with E-state index < -0.39 is 85.3 Å². The van der Waals surface area contributed by atoms with Gasteiger partial charge in [0.15, 0.2) is 12.2 Å². The number of hydrogen-bond acceptors (Lipinski definition) is 14. The van der Waals surface area contributed by atoms with Crippen LogP contribution in [0.5, 0.6) is 5.88 Å². The number of ether oxygens (including phenoxy) is 6. The van der Waals surface area contributed by atoms with Crippen molar-refractivity contribution in [1.82, 2.24) is 20.8 Å². The van der Waals surface area contributed by atoms with Crippen LogP contribution in [0, 0.1) is 6.92 Å². The molecule has 2 aromatic rings. The fraction of sp³-hybridized carbons (Fsp3) is 0.571. The number of urea groups is 1. The summed E-state index contributed by atoms with van der Waals surface area (Å²) in [6, 6.07) is 3.92. The fourth-order valence-corrected chi connectivity index (χ4v) is 5.75. The predicted molar refractivity (Wildman–Crippen MR) is 184 cm³/mol. The average Bonchev–Trinajstić information content (AvgIpc) is 3.44. The summed E-state index contributed by atoms with van der Waals surface area (Å²) in [4.78, 5) is 72.1. The van der Waals surface area contributed by atoms with Crippen molar-refractivity contribution in [3.8, 4) is 5.88 Å². The second-order valence-corrected chi connectivity index (χ2v) is 13.0. The number of amides is 3. The first-order valence-corrected chi connectivity index (χ1v) is 17.0. The van der Waals surface area contributed by atoms with Crippen LogP contribution in [-0.2, 0) is 60.5 Å². The highest BCUT2D eigenvalue weighted by molar-refractivity contribution is 5.86. The summed E-state index contributed by atoms with van der Waals surface area (Å²) in [5.74, 6) is -3.74. The minimum absolute atomic E-state index is 0.0370. The van der Waals surface area contributed by atoms with E-state index in [2.05, 4.69) is 20.8 Å². The quantitative estimate of drug-likeness (QED) is 0.119. The highest BCUT2D eigenvalue weighted by Gasteiger charge is 2.53. The summed E-state index contributed by atoms with van der Waals surface area (Å²) < 4.78 is 34.1. The molecule has 0 spiro atoms. The van der Waals surface area contributed by atoms with Crippen molar-refractivity contribution in [2.24, 2.45) is 5.73 Å². The van der Waals surface area contributed by atoms with E-state index in [4.69, 9.17) is 34.2 Å². The Balaban J connectivity index is 1.89. The molecule has 1 fully saturated rings. The van der Waals surface area contributed by atoms with Gasteiger partial charge in [0, 0.05) is 51.9 Å². The van der Waals surface area contributed by atoms with E-state index in [-0.39, 0.29) is 18.3 Å². The lowest BCUT2D eigenvalue weighted by atomic mass is 9.95. The topological polar surface area (TPSA) is 257 Å². The molecule has 1 saturated heterocycles. The standard InChI is InChI=1S/C35H49N5O13/c1-16(2)27-25(14-24-10-9-23(13-17(24)3)11-12-37-35(47)38-28(18(4)41)32(36)46)33(40-39-27)53-34-31(51-22(8)45)30(50-21(7)44)29(49-20(6)43)26(52-34)15-48-19(5)42/h9-10,13,16,18,26,28-31,34,41H,11-12,14-15H2,1-8H3,(H2,36,46)(H,39,40)(H2,37,38,47)/t18-,26-,28+,29-,30+,31-,34+/m1/s1. The number of H-pyrrole nitrogens is 1. The van der Waals surface area contributed by atoms with Crippen molar-refractivity contribution in [2.45, 2.75) is 117 Å². The Labute approximate surface area is 306 Å². The molecule has 292 valence electrons. The van der Waals surface area contributed by atoms with E-state index in [1.165, 1.54) is 13.8 Å². The number of aliphatic hydroxyl groups excluding tert-OH is 1. The molecule has 18 nitrogen and oxygen atoms in total. The zero-order valence-electron chi connectivity index (χ0n) is 31.1. The number of benzene rings is 1. The number of nitrogens with one attached hydrogen (secondary N) is 3. The van der Waals surface area contributed by atoms with Gasteiger partial charge in [0.05, 0.1) is 6.10 Å². The molecule has 3 rings (SSSR count). The van der Waals surface area contributed by atoms with E-state index in [0.29, 0.717) is 18.4 Å². The number of esters is 4. The maximum absolute atomic E-state index is 12.3. The van der Waals surface area contributed by atoms with Gasteiger partial charge in [-0.1, -0.05) is 32.0 Å². The van der Waals surface area contributed by atoms with Gasteiger partial charge in [-0.15, -0.1) is 5.10 Å². The van der Waals surface area contributed by atoms with Gasteiger partial charge >= 0.3 is 29.9 Å². The lowest BCUT2D eigenvalue weighted by molar-refractivity contribution is -0.289. The van der Waals surface area contributed by atoms with Crippen molar-refractivity contribution in [2.75, 3.05) is 13.2 Å². The molecule has 1 aromatic heterocycles. The number of primary amides is 1. The van der Waals surface area contributed by atoms with E-state index in [1.807, 2.05) is 39.0 Å². The Morgan fingerprint density at radius 1 is 0.943 bits per heavy atom. The summed E-state index contributed by atoms with van der Waals surface area (Å²) in [6.07, 6.45) is -7.21. The van der Waals surface area contributed by atoms with E-state index in [0.717, 1.165) is 43.2 Å². The molecule has 1 aliphatic heterocycles. The molecule has 0 aliphatic carbocycles. The van der Waals surface area contributed by atoms with Crippen LogP contribution in [0.2, 0.25) is 0 Å². The number of hydrogen-bond donors (Lipinski definition) is 5. The molecule has 7 atom stereocenters. The Morgan fingerprint density at radius 3 is 2.11 bits per heavy atom. The van der Waals surface area contributed by atoms with Crippen molar-refractivity contribution in [3.63, 3.8) is 0 Å². The molecular weight excluding hydrogens is 698 g/mol. The minimum atomic E-state index is -1.47. The summed E-state index contributed by atoms with van der Waals surface area (Å²) in [7, 11) is 0. The largest absolute Gasteiger partial charge is 0.463 e. The van der Waals surface area contributed by atoms with Crippen molar-refractivity contribution >= 4 is 35.8 Å². The van der Waals surface area contributed by atoms with Gasteiger partial charge in [-0.2, -0.15) is 0 Å². The number of aromatic nitrogens is 2. The molecule has 1 aromatic carbocycles. The molecule has 18 heteroatoms. The van der Waals surface area contributed by atoms with E-state index in [9.17, 15) is 33.9 Å². The summed E-state index contributed by atoms with van der Waals surface area (Å²) >= 11 is 0. The van der Waals surface area contributed by atoms with Gasteiger partial charge < -0.3 is 49.9 Å². The number of carbonyl (C=O) groups excluding carboxylic acids is 6. The van der Waals surface area contributed by atoms with Crippen LogP contribution in [0.3, 0.4) is 0 Å². The second kappa shape index (κ2) is 19.0. The Hall–Kier alpha value is -5.23. The Kier molecular flexibility index (Phi) is 15.1. The first kappa shape index (κ1) is 42.2. The third-order valence-corrected chi connectivity index (χ3v) is 8.16. The number of nitrogens with two attached hydrogens (primary N) is 1. The van der Waals surface area contributed by atoms with Crippen LogP contribution in [-0.4, -0.2) is 107 Å². The van der Waals surface area contributed by atoms with Crippen LogP contribution in [0.4, 0.5) is 4.79 Å². The first-order valence-electron chi connectivity index (χ1n) is 17.0. The first-order chi connectivity index (χ1) is 24.9. The smallest absolute Gasteiger partial charge is 0.315 e. The van der Waals surface area contributed by atoms with Gasteiger partial charge in [0.25, 0.3) is 0 Å². The van der Waals surface area contributed by atoms with E-state index >= 15 is 0 Å². The second-order valence-electron chi connectivity index (χ2n) is 13.0. The molecule has 1 aliphatic rings. The number of carbonyl (C=O) groups is 6. The molecule has 2 heterocycles.